The lowest BCUT2D eigenvalue weighted by Crippen LogP contribution is -2.44. The van der Waals surface area contributed by atoms with E-state index in [0.29, 0.717) is 0 Å². The topological polar surface area (TPSA) is 297 Å². The van der Waals surface area contributed by atoms with Gasteiger partial charge in [0.1, 0.15) is 0 Å². The molecule has 0 aliphatic carbocycles. The standard InChI is InChI=1S/C40H41N9O14S3/c1-2-63-40(50)29-43-21-23-44(64(57,58)37-18-6-3-15-34(37)47(51)52)25-30-11-9-13-32(41-30)27-46(66(61,62)39-20-8-5-17-36(39)49(55)56)28-33-14-10-12-31(42-33)26-45(24-22-43)65(59,60)38-19-7-4-16-35(38)48(53)54/h3-20H,2,21-29H2,1H3. The number of nitro benzene ring substituents is 3. The zero-order valence-electron chi connectivity index (χ0n) is 34.9. The summed E-state index contributed by atoms with van der Waals surface area (Å²) < 4.78 is 94.7. The van der Waals surface area contributed by atoms with Gasteiger partial charge in [0.15, 0.2) is 14.7 Å². The first kappa shape index (κ1) is 48.8. The third kappa shape index (κ3) is 11.2. The highest BCUT2D eigenvalue weighted by Gasteiger charge is 2.36. The van der Waals surface area contributed by atoms with E-state index < -0.39 is 128 Å². The van der Waals surface area contributed by atoms with Gasteiger partial charge in [0.25, 0.3) is 27.1 Å². The lowest BCUT2D eigenvalue weighted by atomic mass is 10.2. The number of hydrogen-bond acceptors (Lipinski definition) is 17. The molecule has 3 aromatic carbocycles. The van der Waals surface area contributed by atoms with E-state index in [1.807, 2.05) is 0 Å². The Labute approximate surface area is 378 Å². The number of hydrogen-bond donors (Lipinski definition) is 0. The van der Waals surface area contributed by atoms with E-state index in [4.69, 9.17) is 4.74 Å². The minimum atomic E-state index is -4.80. The third-order valence-electron chi connectivity index (χ3n) is 10.1. The first-order valence-electron chi connectivity index (χ1n) is 19.8. The van der Waals surface area contributed by atoms with Crippen molar-refractivity contribution in [2.24, 2.45) is 0 Å². The Kier molecular flexibility index (Phi) is 15.3. The molecule has 1 aliphatic rings. The van der Waals surface area contributed by atoms with Crippen LogP contribution in [0.25, 0.3) is 0 Å². The normalized spacial score (nSPS) is 15.5. The number of ether oxygens (including phenoxy) is 1. The van der Waals surface area contributed by atoms with E-state index in [2.05, 4.69) is 9.97 Å². The SMILES string of the molecule is CCOC(=O)CN1CCN(S(=O)(=O)c2ccccc2[N+](=O)[O-])Cc2cccc(n2)CN(S(=O)(=O)c2ccccc2[N+](=O)[O-])Cc2cccc(n2)CN(S(=O)(=O)c2ccccc2[N+](=O)[O-])CC1. The lowest BCUT2D eigenvalue weighted by Gasteiger charge is -2.29. The zero-order valence-corrected chi connectivity index (χ0v) is 37.4. The molecule has 0 fully saturated rings. The molecule has 0 N–H and O–H groups in total. The summed E-state index contributed by atoms with van der Waals surface area (Å²) in [6.45, 7) is -2.81. The molecule has 6 rings (SSSR count). The molecule has 3 heterocycles. The molecule has 23 nitrogen and oxygen atoms in total. The highest BCUT2D eigenvalue weighted by Crippen LogP contribution is 2.31. The summed E-state index contributed by atoms with van der Waals surface area (Å²) in [5.41, 5.74) is -2.06. The molecule has 0 saturated heterocycles. The fourth-order valence-electron chi connectivity index (χ4n) is 6.99. The first-order valence-corrected chi connectivity index (χ1v) is 24.1. The molecule has 0 atom stereocenters. The maximum absolute atomic E-state index is 14.5. The predicted molar refractivity (Wildman–Crippen MR) is 232 cm³/mol. The first-order chi connectivity index (χ1) is 31.3. The molecule has 0 spiro atoms. The second-order valence-corrected chi connectivity index (χ2v) is 20.2. The van der Waals surface area contributed by atoms with Crippen molar-refractivity contribution in [3.8, 4) is 0 Å². The number of nitro groups is 3. The molecule has 2 aromatic heterocycles. The van der Waals surface area contributed by atoms with Gasteiger partial charge in [-0.05, 0) is 49.4 Å². The Bertz CT molecular complexity index is 2850. The number of esters is 1. The Morgan fingerprint density at radius 2 is 0.833 bits per heavy atom. The van der Waals surface area contributed by atoms with Crippen LogP contribution in [0.4, 0.5) is 17.1 Å². The predicted octanol–water partition coefficient (Wildman–Crippen LogP) is 3.85. The van der Waals surface area contributed by atoms with Gasteiger partial charge in [0.2, 0.25) is 20.0 Å². The van der Waals surface area contributed by atoms with E-state index in [1.165, 1.54) is 77.7 Å². The number of rotatable bonds is 12. The number of carbonyl (C=O) groups is 1. The minimum Gasteiger partial charge on any atom is -0.465 e. The number of benzene rings is 3. The second kappa shape index (κ2) is 20.7. The lowest BCUT2D eigenvalue weighted by molar-refractivity contribution is -0.388. The van der Waals surface area contributed by atoms with Crippen molar-refractivity contribution in [3.05, 3.63) is 162 Å². The van der Waals surface area contributed by atoms with E-state index >= 15 is 0 Å². The van der Waals surface area contributed by atoms with Crippen LogP contribution in [0, 0.1) is 30.3 Å². The number of fused-ring (bicyclic) bond motifs is 4. The molecule has 348 valence electrons. The summed E-state index contributed by atoms with van der Waals surface area (Å²) >= 11 is 0. The van der Waals surface area contributed by atoms with Crippen molar-refractivity contribution in [1.29, 1.82) is 0 Å². The Morgan fingerprint density at radius 3 is 1.17 bits per heavy atom. The Morgan fingerprint density at radius 1 is 0.515 bits per heavy atom. The molecule has 0 amide bonds. The molecule has 26 heteroatoms. The van der Waals surface area contributed by atoms with Gasteiger partial charge < -0.3 is 4.74 Å². The molecule has 0 saturated carbocycles. The highest BCUT2D eigenvalue weighted by molar-refractivity contribution is 7.89. The molecule has 66 heavy (non-hydrogen) atoms. The summed E-state index contributed by atoms with van der Waals surface area (Å²) in [6.07, 6.45) is 0. The summed E-state index contributed by atoms with van der Waals surface area (Å²) in [6, 6.07) is 22.5. The van der Waals surface area contributed by atoms with Crippen molar-refractivity contribution in [1.82, 2.24) is 27.8 Å². The van der Waals surface area contributed by atoms with Gasteiger partial charge in [0, 0.05) is 44.4 Å². The summed E-state index contributed by atoms with van der Waals surface area (Å²) in [7, 11) is -14.4. The number of pyridine rings is 2. The number of nitrogens with zero attached hydrogens (tertiary/aromatic N) is 9. The van der Waals surface area contributed by atoms with Crippen LogP contribution in [0.15, 0.2) is 124 Å². The van der Waals surface area contributed by atoms with Crippen LogP contribution in [-0.2, 0) is 65.8 Å². The van der Waals surface area contributed by atoms with Crippen molar-refractivity contribution in [3.63, 3.8) is 0 Å². The fourth-order valence-corrected chi connectivity index (χ4v) is 11.6. The highest BCUT2D eigenvalue weighted by atomic mass is 32.2. The quantitative estimate of drug-likeness (QED) is 0.0974. The number of sulfonamides is 3. The zero-order chi connectivity index (χ0) is 47.8. The average Bonchev–Trinajstić information content (AvgIpc) is 3.28. The number of aromatic nitrogens is 2. The average molecular weight is 968 g/mol. The van der Waals surface area contributed by atoms with E-state index in [1.54, 1.807) is 6.92 Å². The molecular weight excluding hydrogens is 927 g/mol. The van der Waals surface area contributed by atoms with Crippen LogP contribution >= 0.6 is 0 Å². The second-order valence-electron chi connectivity index (χ2n) is 14.4. The molecular formula is C40H41N9O14S3. The van der Waals surface area contributed by atoms with Gasteiger partial charge in [0.05, 0.1) is 76.9 Å². The van der Waals surface area contributed by atoms with Crippen molar-refractivity contribution < 1.29 is 49.6 Å². The molecule has 5 aromatic rings. The van der Waals surface area contributed by atoms with Gasteiger partial charge in [-0.2, -0.15) is 12.9 Å². The summed E-state index contributed by atoms with van der Waals surface area (Å²) in [4.78, 5) is 55.1. The molecule has 1 aliphatic heterocycles. The molecule has 0 radical (unpaired) electrons. The smallest absolute Gasteiger partial charge is 0.320 e. The van der Waals surface area contributed by atoms with Gasteiger partial charge >= 0.3 is 5.97 Å². The van der Waals surface area contributed by atoms with E-state index in [-0.39, 0.29) is 42.5 Å². The van der Waals surface area contributed by atoms with E-state index in [9.17, 15) is 60.4 Å². The number of carbonyl (C=O) groups excluding carboxylic acids is 1. The van der Waals surface area contributed by atoms with Crippen molar-refractivity contribution in [2.75, 3.05) is 39.3 Å². The molecule has 0 unspecified atom stereocenters. The van der Waals surface area contributed by atoms with Crippen LogP contribution in [0.1, 0.15) is 29.7 Å². The summed E-state index contributed by atoms with van der Waals surface area (Å²) in [5.74, 6) is -0.759. The van der Waals surface area contributed by atoms with Crippen LogP contribution in [0.3, 0.4) is 0 Å². The Balaban J connectivity index is 1.53. The monoisotopic (exact) mass is 967 g/mol. The van der Waals surface area contributed by atoms with Crippen molar-refractivity contribution in [2.45, 2.75) is 47.8 Å². The van der Waals surface area contributed by atoms with Gasteiger partial charge in [-0.1, -0.05) is 48.5 Å². The van der Waals surface area contributed by atoms with Crippen LogP contribution in [-0.4, -0.2) is 113 Å². The van der Waals surface area contributed by atoms with E-state index in [0.717, 1.165) is 49.3 Å². The van der Waals surface area contributed by atoms with Crippen LogP contribution < -0.4 is 0 Å². The van der Waals surface area contributed by atoms with Crippen LogP contribution in [0.2, 0.25) is 0 Å². The number of para-hydroxylation sites is 3. The summed E-state index contributed by atoms with van der Waals surface area (Å²) in [5, 5.41) is 36.2. The molecule has 4 bridgehead atoms. The fraction of sp³-hybridized carbons (Fsp3) is 0.275. The van der Waals surface area contributed by atoms with Crippen LogP contribution in [0.5, 0.6) is 0 Å². The van der Waals surface area contributed by atoms with Crippen molar-refractivity contribution >= 4 is 53.1 Å². The van der Waals surface area contributed by atoms with Gasteiger partial charge in [-0.25, -0.2) is 25.3 Å². The third-order valence-corrected chi connectivity index (χ3v) is 15.7. The van der Waals surface area contributed by atoms with Gasteiger partial charge in [-0.3, -0.25) is 50.0 Å². The Hall–Kier alpha value is -6.68. The van der Waals surface area contributed by atoms with Gasteiger partial charge in [-0.15, -0.1) is 0 Å². The maximum Gasteiger partial charge on any atom is 0.320 e. The maximum atomic E-state index is 14.5. The largest absolute Gasteiger partial charge is 0.465 e. The minimum absolute atomic E-state index is 0.0337.